The Kier molecular flexibility index (Phi) is 6.75. The van der Waals surface area contributed by atoms with Gasteiger partial charge in [0.15, 0.2) is 0 Å². The normalized spacial score (nSPS) is 12.8. The van der Waals surface area contributed by atoms with Crippen molar-refractivity contribution in [3.63, 3.8) is 0 Å². The Bertz CT molecular complexity index is 888. The van der Waals surface area contributed by atoms with Crippen molar-refractivity contribution in [2.24, 2.45) is 5.92 Å². The fourth-order valence-corrected chi connectivity index (χ4v) is 3.97. The summed E-state index contributed by atoms with van der Waals surface area (Å²) < 4.78 is 41.0. The maximum atomic E-state index is 13.8. The minimum atomic E-state index is -4.18. The number of hydrogen-bond donors (Lipinski definition) is 2. The molecule has 0 aromatic heterocycles. The average Bonchev–Trinajstić information content (AvgIpc) is 2.57. The number of rotatable bonds is 7. The number of carbonyl (C=O) groups excluding carboxylic acids is 1. The quantitative estimate of drug-likeness (QED) is 0.752. The van der Waals surface area contributed by atoms with Gasteiger partial charge in [-0.3, -0.25) is 4.79 Å². The van der Waals surface area contributed by atoms with Gasteiger partial charge in [0.1, 0.15) is 16.8 Å². The van der Waals surface area contributed by atoms with E-state index in [4.69, 9.17) is 11.6 Å². The Morgan fingerprint density at radius 3 is 2.46 bits per heavy atom. The average molecular weight is 399 g/mol. The second kappa shape index (κ2) is 8.62. The molecular formula is C18H20ClFN2O3S. The van der Waals surface area contributed by atoms with Crippen LogP contribution in [-0.2, 0) is 21.4 Å². The first-order chi connectivity index (χ1) is 12.2. The smallest absolute Gasteiger partial charge is 0.244 e. The van der Waals surface area contributed by atoms with Gasteiger partial charge in [-0.15, -0.1) is 0 Å². The highest BCUT2D eigenvalue weighted by Crippen LogP contribution is 2.16. The SMILES string of the molecule is CC(C)[C@H](NS(=O)(=O)c1ccccc1F)C(=O)NCc1cccc(Cl)c1. The summed E-state index contributed by atoms with van der Waals surface area (Å²) in [4.78, 5) is 12.0. The van der Waals surface area contributed by atoms with Crippen LogP contribution < -0.4 is 10.0 Å². The number of hydrogen-bond acceptors (Lipinski definition) is 3. The molecule has 5 nitrogen and oxygen atoms in total. The van der Waals surface area contributed by atoms with E-state index in [0.29, 0.717) is 5.02 Å². The molecule has 1 amide bonds. The van der Waals surface area contributed by atoms with Crippen LogP contribution in [0.1, 0.15) is 19.4 Å². The summed E-state index contributed by atoms with van der Waals surface area (Å²) in [6.45, 7) is 3.60. The minimum Gasteiger partial charge on any atom is -0.351 e. The van der Waals surface area contributed by atoms with E-state index in [9.17, 15) is 17.6 Å². The fraction of sp³-hybridized carbons (Fsp3) is 0.278. The van der Waals surface area contributed by atoms with Gasteiger partial charge in [0.2, 0.25) is 15.9 Å². The lowest BCUT2D eigenvalue weighted by Crippen LogP contribution is -2.49. The van der Waals surface area contributed by atoms with E-state index in [2.05, 4.69) is 10.0 Å². The molecule has 2 N–H and O–H groups in total. The van der Waals surface area contributed by atoms with Gasteiger partial charge >= 0.3 is 0 Å². The van der Waals surface area contributed by atoms with E-state index in [-0.39, 0.29) is 12.5 Å². The Balaban J connectivity index is 2.13. The first-order valence-corrected chi connectivity index (χ1v) is 9.86. The molecule has 2 rings (SSSR count). The number of sulfonamides is 1. The van der Waals surface area contributed by atoms with Crippen molar-refractivity contribution in [3.8, 4) is 0 Å². The van der Waals surface area contributed by atoms with Crippen LogP contribution in [0.25, 0.3) is 0 Å². The largest absolute Gasteiger partial charge is 0.351 e. The number of halogens is 2. The molecule has 0 radical (unpaired) electrons. The van der Waals surface area contributed by atoms with Crippen molar-refractivity contribution >= 4 is 27.5 Å². The van der Waals surface area contributed by atoms with Crippen LogP contribution in [-0.4, -0.2) is 20.4 Å². The van der Waals surface area contributed by atoms with E-state index in [0.717, 1.165) is 17.7 Å². The first kappa shape index (κ1) is 20.4. The standard InChI is InChI=1S/C18H20ClFN2O3S/c1-12(2)17(18(23)21-11-13-6-5-7-14(19)10-13)22-26(24,25)16-9-4-3-8-15(16)20/h3-10,12,17,22H,11H2,1-2H3,(H,21,23)/t17-/m0/s1. The third-order valence-corrected chi connectivity index (χ3v) is 5.42. The zero-order valence-corrected chi connectivity index (χ0v) is 15.9. The van der Waals surface area contributed by atoms with Gasteiger partial charge in [0.05, 0.1) is 0 Å². The van der Waals surface area contributed by atoms with E-state index in [1.54, 1.807) is 38.1 Å². The molecule has 0 fully saturated rings. The molecule has 0 aliphatic carbocycles. The molecule has 0 spiro atoms. The first-order valence-electron chi connectivity index (χ1n) is 7.99. The summed E-state index contributed by atoms with van der Waals surface area (Å²) in [7, 11) is -4.18. The molecule has 0 heterocycles. The summed E-state index contributed by atoms with van der Waals surface area (Å²) in [5, 5.41) is 3.22. The summed E-state index contributed by atoms with van der Waals surface area (Å²) >= 11 is 5.90. The van der Waals surface area contributed by atoms with E-state index in [1.165, 1.54) is 12.1 Å². The summed E-state index contributed by atoms with van der Waals surface area (Å²) in [6, 6.07) is 10.9. The lowest BCUT2D eigenvalue weighted by atomic mass is 10.0. The van der Waals surface area contributed by atoms with Crippen LogP contribution in [0.5, 0.6) is 0 Å². The maximum absolute atomic E-state index is 13.8. The van der Waals surface area contributed by atoms with E-state index >= 15 is 0 Å². The third kappa shape index (κ3) is 5.27. The molecule has 0 unspecified atom stereocenters. The summed E-state index contributed by atoms with van der Waals surface area (Å²) in [6.07, 6.45) is 0. The highest BCUT2D eigenvalue weighted by atomic mass is 35.5. The molecule has 1 atom stereocenters. The molecule has 8 heteroatoms. The third-order valence-electron chi connectivity index (χ3n) is 3.71. The number of amides is 1. The van der Waals surface area contributed by atoms with Gasteiger partial charge < -0.3 is 5.32 Å². The molecular weight excluding hydrogens is 379 g/mol. The van der Waals surface area contributed by atoms with E-state index < -0.39 is 32.7 Å². The Labute approximate surface area is 157 Å². The van der Waals surface area contributed by atoms with Crippen molar-refractivity contribution in [1.82, 2.24) is 10.0 Å². The molecule has 2 aromatic carbocycles. The lowest BCUT2D eigenvalue weighted by molar-refractivity contribution is -0.123. The monoisotopic (exact) mass is 398 g/mol. The van der Waals surface area contributed by atoms with Crippen molar-refractivity contribution in [2.45, 2.75) is 31.3 Å². The lowest BCUT2D eigenvalue weighted by Gasteiger charge is -2.22. The van der Waals surface area contributed by atoms with Gasteiger partial charge in [0, 0.05) is 11.6 Å². The van der Waals surface area contributed by atoms with Gasteiger partial charge in [-0.2, -0.15) is 4.72 Å². The second-order valence-electron chi connectivity index (χ2n) is 6.12. The molecule has 0 saturated carbocycles. The van der Waals surface area contributed by atoms with Gasteiger partial charge in [-0.1, -0.05) is 49.7 Å². The highest BCUT2D eigenvalue weighted by molar-refractivity contribution is 7.89. The Morgan fingerprint density at radius 2 is 1.85 bits per heavy atom. The van der Waals surface area contributed by atoms with Crippen molar-refractivity contribution in [1.29, 1.82) is 0 Å². The molecule has 0 aliphatic rings. The molecule has 0 aliphatic heterocycles. The van der Waals surface area contributed by atoms with Crippen LogP contribution in [0.2, 0.25) is 5.02 Å². The Morgan fingerprint density at radius 1 is 1.15 bits per heavy atom. The summed E-state index contributed by atoms with van der Waals surface area (Å²) in [5.74, 6) is -1.71. The second-order valence-corrected chi connectivity index (χ2v) is 8.24. The number of benzene rings is 2. The fourth-order valence-electron chi connectivity index (χ4n) is 2.33. The molecule has 2 aromatic rings. The van der Waals surface area contributed by atoms with Crippen LogP contribution in [0.3, 0.4) is 0 Å². The van der Waals surface area contributed by atoms with Crippen molar-refractivity contribution in [3.05, 3.63) is 64.9 Å². The molecule has 140 valence electrons. The minimum absolute atomic E-state index is 0.198. The topological polar surface area (TPSA) is 75.3 Å². The molecule has 0 saturated heterocycles. The van der Waals surface area contributed by atoms with Crippen molar-refractivity contribution in [2.75, 3.05) is 0 Å². The predicted molar refractivity (Wildman–Crippen MR) is 98.6 cm³/mol. The van der Waals surface area contributed by atoms with E-state index in [1.807, 2.05) is 0 Å². The van der Waals surface area contributed by atoms with Gasteiger partial charge in [-0.05, 0) is 35.7 Å². The zero-order valence-electron chi connectivity index (χ0n) is 14.4. The van der Waals surface area contributed by atoms with Crippen LogP contribution in [0, 0.1) is 11.7 Å². The molecule has 26 heavy (non-hydrogen) atoms. The predicted octanol–water partition coefficient (Wildman–Crippen LogP) is 3.10. The highest BCUT2D eigenvalue weighted by Gasteiger charge is 2.29. The molecule has 0 bridgehead atoms. The van der Waals surface area contributed by atoms with Gasteiger partial charge in [0.25, 0.3) is 0 Å². The Hall–Kier alpha value is -1.96. The zero-order chi connectivity index (χ0) is 19.3. The van der Waals surface area contributed by atoms with Crippen LogP contribution in [0.15, 0.2) is 53.4 Å². The summed E-state index contributed by atoms with van der Waals surface area (Å²) in [5.41, 5.74) is 0.783. The number of carbonyl (C=O) groups is 1. The number of nitrogens with one attached hydrogen (secondary N) is 2. The van der Waals surface area contributed by atoms with Crippen LogP contribution in [0.4, 0.5) is 4.39 Å². The maximum Gasteiger partial charge on any atom is 0.244 e. The van der Waals surface area contributed by atoms with Crippen LogP contribution >= 0.6 is 11.6 Å². The van der Waals surface area contributed by atoms with Gasteiger partial charge in [-0.25, -0.2) is 12.8 Å². The van der Waals surface area contributed by atoms with Crippen molar-refractivity contribution < 1.29 is 17.6 Å².